The third-order valence-corrected chi connectivity index (χ3v) is 1.80. The first-order valence-corrected chi connectivity index (χ1v) is 3.82. The summed E-state index contributed by atoms with van der Waals surface area (Å²) in [7, 11) is 0. The van der Waals surface area contributed by atoms with Gasteiger partial charge in [-0.05, 0) is 19.4 Å². The van der Waals surface area contributed by atoms with Gasteiger partial charge < -0.3 is 10.6 Å². The van der Waals surface area contributed by atoms with Crippen molar-refractivity contribution >= 4 is 5.91 Å². The smallest absolute Gasteiger partial charge is 0.222 e. The lowest BCUT2D eigenvalue weighted by molar-refractivity contribution is -0.127. The number of hydrogen-bond donors (Lipinski definition) is 1. The van der Waals surface area contributed by atoms with Crippen LogP contribution in [0.3, 0.4) is 0 Å². The van der Waals surface area contributed by atoms with Crippen molar-refractivity contribution in [3.8, 4) is 0 Å². The quantitative estimate of drug-likeness (QED) is 0.653. The molecule has 1 aliphatic heterocycles. The lowest BCUT2D eigenvalue weighted by atomic mass is 10.4. The number of carbonyl (C=O) groups is 1. The fourth-order valence-corrected chi connectivity index (χ4v) is 1.22. The standard InChI is InChI=1S/C7H14N2O.CH4/c8-4-2-6-9-5-1-3-7(9)10;/h1-6,8H2;1H4. The van der Waals surface area contributed by atoms with Gasteiger partial charge in [0, 0.05) is 19.5 Å². The highest BCUT2D eigenvalue weighted by Crippen LogP contribution is 2.08. The van der Waals surface area contributed by atoms with Gasteiger partial charge in [0.25, 0.3) is 0 Å². The third-order valence-electron chi connectivity index (χ3n) is 1.80. The van der Waals surface area contributed by atoms with E-state index in [0.717, 1.165) is 32.4 Å². The van der Waals surface area contributed by atoms with Crippen LogP contribution in [0.4, 0.5) is 0 Å². The molecule has 1 amide bonds. The lowest BCUT2D eigenvalue weighted by Crippen LogP contribution is -2.27. The molecule has 1 rings (SSSR count). The molecule has 1 heterocycles. The number of rotatable bonds is 3. The molecule has 1 aliphatic rings. The van der Waals surface area contributed by atoms with Crippen LogP contribution in [0.5, 0.6) is 0 Å². The van der Waals surface area contributed by atoms with E-state index in [-0.39, 0.29) is 7.43 Å². The van der Waals surface area contributed by atoms with Crippen LogP contribution in [0.15, 0.2) is 0 Å². The minimum Gasteiger partial charge on any atom is -0.343 e. The molecule has 0 aromatic heterocycles. The fraction of sp³-hybridized carbons (Fsp3) is 0.875. The first-order chi connectivity index (χ1) is 4.84. The summed E-state index contributed by atoms with van der Waals surface area (Å²) >= 11 is 0. The SMILES string of the molecule is C.NCCCN1CCCC1=O. The summed E-state index contributed by atoms with van der Waals surface area (Å²) in [6, 6.07) is 0. The normalized spacial score (nSPS) is 16.8. The van der Waals surface area contributed by atoms with E-state index in [9.17, 15) is 4.79 Å². The highest BCUT2D eigenvalue weighted by Gasteiger charge is 2.18. The fourth-order valence-electron chi connectivity index (χ4n) is 1.22. The molecule has 0 atom stereocenters. The Bertz CT molecular complexity index is 125. The molecule has 1 fully saturated rings. The number of nitrogens with zero attached hydrogens (tertiary/aromatic N) is 1. The van der Waals surface area contributed by atoms with E-state index in [1.165, 1.54) is 0 Å². The van der Waals surface area contributed by atoms with Gasteiger partial charge in [-0.3, -0.25) is 4.79 Å². The number of carbonyl (C=O) groups excluding carboxylic acids is 1. The van der Waals surface area contributed by atoms with Crippen LogP contribution in [0.25, 0.3) is 0 Å². The molecule has 3 heteroatoms. The number of amides is 1. The Balaban J connectivity index is 0.000001000. The summed E-state index contributed by atoms with van der Waals surface area (Å²) < 4.78 is 0. The molecule has 1 saturated heterocycles. The van der Waals surface area contributed by atoms with Crippen LogP contribution in [-0.4, -0.2) is 30.4 Å². The Morgan fingerprint density at radius 2 is 2.27 bits per heavy atom. The topological polar surface area (TPSA) is 46.3 Å². The van der Waals surface area contributed by atoms with E-state index in [1.54, 1.807) is 0 Å². The van der Waals surface area contributed by atoms with Gasteiger partial charge in [0.15, 0.2) is 0 Å². The molecule has 0 aliphatic carbocycles. The number of hydrogen-bond acceptors (Lipinski definition) is 2. The van der Waals surface area contributed by atoms with Crippen LogP contribution in [0, 0.1) is 0 Å². The van der Waals surface area contributed by atoms with E-state index in [4.69, 9.17) is 5.73 Å². The van der Waals surface area contributed by atoms with Gasteiger partial charge in [-0.25, -0.2) is 0 Å². The summed E-state index contributed by atoms with van der Waals surface area (Å²) in [5, 5.41) is 0. The Labute approximate surface area is 68.6 Å². The average molecular weight is 158 g/mol. The molecule has 11 heavy (non-hydrogen) atoms. The van der Waals surface area contributed by atoms with Crippen molar-refractivity contribution in [2.75, 3.05) is 19.6 Å². The molecular weight excluding hydrogens is 140 g/mol. The third kappa shape index (κ3) is 2.89. The van der Waals surface area contributed by atoms with Crippen LogP contribution in [0.1, 0.15) is 26.7 Å². The minimum absolute atomic E-state index is 0. The van der Waals surface area contributed by atoms with Crippen molar-refractivity contribution in [2.45, 2.75) is 26.7 Å². The first-order valence-electron chi connectivity index (χ1n) is 3.82. The zero-order chi connectivity index (χ0) is 7.40. The van der Waals surface area contributed by atoms with Crippen molar-refractivity contribution in [3.63, 3.8) is 0 Å². The zero-order valence-electron chi connectivity index (χ0n) is 6.18. The molecular formula is C8H18N2O. The second-order valence-corrected chi connectivity index (χ2v) is 2.63. The van der Waals surface area contributed by atoms with Crippen molar-refractivity contribution in [2.24, 2.45) is 5.73 Å². The van der Waals surface area contributed by atoms with Crippen molar-refractivity contribution < 1.29 is 4.79 Å². The van der Waals surface area contributed by atoms with Gasteiger partial charge in [0.1, 0.15) is 0 Å². The molecule has 0 aromatic rings. The van der Waals surface area contributed by atoms with Crippen molar-refractivity contribution in [1.29, 1.82) is 0 Å². The monoisotopic (exact) mass is 158 g/mol. The minimum atomic E-state index is 0. The molecule has 0 saturated carbocycles. The maximum Gasteiger partial charge on any atom is 0.222 e. The summed E-state index contributed by atoms with van der Waals surface area (Å²) in [6.45, 7) is 2.48. The van der Waals surface area contributed by atoms with Gasteiger partial charge >= 0.3 is 0 Å². The number of nitrogens with two attached hydrogens (primary N) is 1. The van der Waals surface area contributed by atoms with Gasteiger partial charge in [-0.1, -0.05) is 7.43 Å². The molecule has 0 aromatic carbocycles. The zero-order valence-corrected chi connectivity index (χ0v) is 6.18. The predicted octanol–water partition coefficient (Wildman–Crippen LogP) is 0.594. The van der Waals surface area contributed by atoms with E-state index in [2.05, 4.69) is 0 Å². The van der Waals surface area contributed by atoms with Gasteiger partial charge in [-0.15, -0.1) is 0 Å². The summed E-state index contributed by atoms with van der Waals surface area (Å²) in [5.74, 6) is 0.299. The first kappa shape index (κ1) is 10.4. The molecule has 0 spiro atoms. The molecule has 0 bridgehead atoms. The molecule has 3 nitrogen and oxygen atoms in total. The molecule has 0 unspecified atom stereocenters. The summed E-state index contributed by atoms with van der Waals surface area (Å²) in [6.07, 6.45) is 2.71. The van der Waals surface area contributed by atoms with Crippen LogP contribution >= 0.6 is 0 Å². The van der Waals surface area contributed by atoms with E-state index in [0.29, 0.717) is 12.5 Å². The number of likely N-dealkylation sites (tertiary alicyclic amines) is 1. The van der Waals surface area contributed by atoms with E-state index in [1.807, 2.05) is 4.90 Å². The van der Waals surface area contributed by atoms with Gasteiger partial charge in [0.2, 0.25) is 5.91 Å². The Morgan fingerprint density at radius 3 is 2.73 bits per heavy atom. The van der Waals surface area contributed by atoms with Gasteiger partial charge in [-0.2, -0.15) is 0 Å². The van der Waals surface area contributed by atoms with Crippen LogP contribution < -0.4 is 5.73 Å². The maximum absolute atomic E-state index is 11.0. The summed E-state index contributed by atoms with van der Waals surface area (Å²) in [4.78, 5) is 12.9. The van der Waals surface area contributed by atoms with Crippen LogP contribution in [0.2, 0.25) is 0 Å². The lowest BCUT2D eigenvalue weighted by Gasteiger charge is -2.13. The van der Waals surface area contributed by atoms with Crippen molar-refractivity contribution in [1.82, 2.24) is 4.90 Å². The van der Waals surface area contributed by atoms with Crippen molar-refractivity contribution in [3.05, 3.63) is 0 Å². The average Bonchev–Trinajstić information content (AvgIpc) is 2.31. The molecule has 2 N–H and O–H groups in total. The second-order valence-electron chi connectivity index (χ2n) is 2.63. The van der Waals surface area contributed by atoms with E-state index < -0.39 is 0 Å². The summed E-state index contributed by atoms with van der Waals surface area (Å²) in [5.41, 5.74) is 5.31. The second kappa shape index (κ2) is 5.13. The Morgan fingerprint density at radius 1 is 1.55 bits per heavy atom. The predicted molar refractivity (Wildman–Crippen MR) is 46.2 cm³/mol. The molecule has 0 radical (unpaired) electrons. The molecule has 66 valence electrons. The Hall–Kier alpha value is -0.570. The van der Waals surface area contributed by atoms with Gasteiger partial charge in [0.05, 0.1) is 0 Å². The van der Waals surface area contributed by atoms with E-state index >= 15 is 0 Å². The Kier molecular flexibility index (Phi) is 4.86. The highest BCUT2D eigenvalue weighted by atomic mass is 16.2. The maximum atomic E-state index is 11.0. The largest absolute Gasteiger partial charge is 0.343 e. The van der Waals surface area contributed by atoms with Crippen LogP contribution in [-0.2, 0) is 4.79 Å². The highest BCUT2D eigenvalue weighted by molar-refractivity contribution is 5.77.